The van der Waals surface area contributed by atoms with Crippen LogP contribution in [0.2, 0.25) is 0 Å². The lowest BCUT2D eigenvalue weighted by Gasteiger charge is -2.41. The smallest absolute Gasteiger partial charge is 0.425 e. The van der Waals surface area contributed by atoms with Crippen molar-refractivity contribution >= 4 is 5.78 Å². The first-order chi connectivity index (χ1) is 12.6. The fraction of sp³-hybridized carbons (Fsp3) is 0.632. The number of ether oxygens (including phenoxy) is 2. The normalized spacial score (nSPS) is 20.9. The highest BCUT2D eigenvalue weighted by molar-refractivity contribution is 5.95. The van der Waals surface area contributed by atoms with Gasteiger partial charge >= 0.3 is 6.18 Å². The number of pyridine rings is 1. The van der Waals surface area contributed by atoms with Crippen molar-refractivity contribution in [2.24, 2.45) is 11.3 Å². The number of nitrogens with zero attached hydrogens (tertiary/aromatic N) is 2. The Balaban J connectivity index is 1.80. The number of hydrogen-bond acceptors (Lipinski definition) is 5. The third kappa shape index (κ3) is 4.24. The van der Waals surface area contributed by atoms with Crippen LogP contribution < -0.4 is 4.74 Å². The maximum absolute atomic E-state index is 12.9. The molecule has 2 atom stereocenters. The summed E-state index contributed by atoms with van der Waals surface area (Å²) in [6, 6.07) is 3.43. The van der Waals surface area contributed by atoms with Crippen molar-refractivity contribution in [2.45, 2.75) is 51.3 Å². The molecule has 1 saturated heterocycles. The highest BCUT2D eigenvalue weighted by atomic mass is 19.4. The molecule has 1 saturated carbocycles. The number of nitriles is 1. The first-order valence-electron chi connectivity index (χ1n) is 8.88. The molecular formula is C19H21F3N2O3. The summed E-state index contributed by atoms with van der Waals surface area (Å²) in [7, 11) is 0. The Labute approximate surface area is 155 Å². The van der Waals surface area contributed by atoms with Gasteiger partial charge in [-0.25, -0.2) is 0 Å². The van der Waals surface area contributed by atoms with Gasteiger partial charge in [0.15, 0.2) is 11.9 Å². The molecule has 0 radical (unpaired) electrons. The van der Waals surface area contributed by atoms with Gasteiger partial charge in [-0.1, -0.05) is 6.92 Å². The molecule has 1 aromatic rings. The van der Waals surface area contributed by atoms with Crippen molar-refractivity contribution in [2.75, 3.05) is 13.2 Å². The topological polar surface area (TPSA) is 72.2 Å². The van der Waals surface area contributed by atoms with E-state index in [1.165, 1.54) is 12.3 Å². The predicted molar refractivity (Wildman–Crippen MR) is 89.3 cm³/mol. The van der Waals surface area contributed by atoms with Crippen molar-refractivity contribution in [1.29, 1.82) is 5.26 Å². The van der Waals surface area contributed by atoms with Gasteiger partial charge in [-0.3, -0.25) is 9.78 Å². The second-order valence-corrected chi connectivity index (χ2v) is 7.64. The quantitative estimate of drug-likeness (QED) is 0.666. The summed E-state index contributed by atoms with van der Waals surface area (Å²) in [5.41, 5.74) is 0.231. The predicted octanol–water partition coefficient (Wildman–Crippen LogP) is 4.04. The monoisotopic (exact) mass is 382 g/mol. The molecule has 2 heterocycles. The Morgan fingerprint density at radius 3 is 2.63 bits per heavy atom. The van der Waals surface area contributed by atoms with Crippen LogP contribution in [-0.4, -0.2) is 36.3 Å². The summed E-state index contributed by atoms with van der Waals surface area (Å²) in [6.45, 7) is 3.62. The van der Waals surface area contributed by atoms with Crippen LogP contribution in [-0.2, 0) is 4.74 Å². The molecule has 1 aliphatic heterocycles. The van der Waals surface area contributed by atoms with Crippen LogP contribution in [0.1, 0.15) is 55.1 Å². The zero-order valence-corrected chi connectivity index (χ0v) is 15.2. The molecule has 1 aliphatic carbocycles. The van der Waals surface area contributed by atoms with Crippen LogP contribution in [0.15, 0.2) is 12.3 Å². The number of carbonyl (C=O) groups is 1. The molecule has 0 N–H and O–H groups in total. The molecule has 0 bridgehead atoms. The first-order valence-corrected chi connectivity index (χ1v) is 8.88. The van der Waals surface area contributed by atoms with Gasteiger partial charge in [0, 0.05) is 29.7 Å². The lowest BCUT2D eigenvalue weighted by Crippen LogP contribution is -2.46. The molecule has 0 amide bonds. The van der Waals surface area contributed by atoms with Gasteiger partial charge in [0.25, 0.3) is 0 Å². The van der Waals surface area contributed by atoms with E-state index in [-0.39, 0.29) is 35.0 Å². The minimum absolute atomic E-state index is 0.0212. The molecular weight excluding hydrogens is 361 g/mol. The molecule has 5 nitrogen and oxygen atoms in total. The average Bonchev–Trinajstić information content (AvgIpc) is 3.41. The molecule has 1 unspecified atom stereocenters. The fourth-order valence-corrected chi connectivity index (χ4v) is 3.02. The highest BCUT2D eigenvalue weighted by Gasteiger charge is 2.43. The van der Waals surface area contributed by atoms with Gasteiger partial charge in [-0.2, -0.15) is 18.4 Å². The van der Waals surface area contributed by atoms with Crippen molar-refractivity contribution < 1.29 is 27.4 Å². The maximum atomic E-state index is 12.9. The summed E-state index contributed by atoms with van der Waals surface area (Å²) in [4.78, 5) is 16.7. The van der Waals surface area contributed by atoms with Crippen molar-refractivity contribution in [3.05, 3.63) is 23.5 Å². The summed E-state index contributed by atoms with van der Waals surface area (Å²) in [5, 5.41) is 9.38. The molecule has 0 spiro atoms. The Hall–Kier alpha value is -2.14. The molecule has 3 rings (SSSR count). The second-order valence-electron chi connectivity index (χ2n) is 7.64. The Morgan fingerprint density at radius 1 is 1.48 bits per heavy atom. The Morgan fingerprint density at radius 2 is 2.15 bits per heavy atom. The van der Waals surface area contributed by atoms with Gasteiger partial charge in [0.05, 0.1) is 25.2 Å². The van der Waals surface area contributed by atoms with E-state index in [0.717, 1.165) is 19.8 Å². The molecule has 1 aromatic heterocycles. The van der Waals surface area contributed by atoms with Crippen molar-refractivity contribution in [3.8, 4) is 11.8 Å². The fourth-order valence-electron chi connectivity index (χ4n) is 3.02. The van der Waals surface area contributed by atoms with E-state index < -0.39 is 18.2 Å². The van der Waals surface area contributed by atoms with Gasteiger partial charge in [-0.05, 0) is 25.7 Å². The average molecular weight is 382 g/mol. The van der Waals surface area contributed by atoms with Gasteiger partial charge < -0.3 is 9.47 Å². The van der Waals surface area contributed by atoms with E-state index in [2.05, 4.69) is 11.1 Å². The van der Waals surface area contributed by atoms with E-state index >= 15 is 0 Å². The minimum Gasteiger partial charge on any atom is -0.481 e. The van der Waals surface area contributed by atoms with Crippen LogP contribution in [0.25, 0.3) is 0 Å². The molecule has 0 aromatic carbocycles. The zero-order valence-electron chi connectivity index (χ0n) is 15.2. The second kappa shape index (κ2) is 7.12. The summed E-state index contributed by atoms with van der Waals surface area (Å²) < 4.78 is 48.9. The third-order valence-corrected chi connectivity index (χ3v) is 5.21. The summed E-state index contributed by atoms with van der Waals surface area (Å²) in [6.07, 6.45) is -3.39. The van der Waals surface area contributed by atoms with Crippen LogP contribution in [0.5, 0.6) is 5.75 Å². The number of hydrogen-bond donors (Lipinski definition) is 0. The first kappa shape index (κ1) is 19.6. The van der Waals surface area contributed by atoms with E-state index in [4.69, 9.17) is 9.47 Å². The number of carbonyl (C=O) groups excluding carboxylic acids is 1. The molecule has 146 valence electrons. The SMILES string of the molecule is C[C@H](Oc1cc(C(=O)CC(C#N)C2(C)COC2)ncc1C1CC1)C(F)(F)F. The summed E-state index contributed by atoms with van der Waals surface area (Å²) >= 11 is 0. The summed E-state index contributed by atoms with van der Waals surface area (Å²) in [5.74, 6) is -0.758. The largest absolute Gasteiger partial charge is 0.481 e. The van der Waals surface area contributed by atoms with Gasteiger partial charge in [-0.15, -0.1) is 0 Å². The van der Waals surface area contributed by atoms with Crippen LogP contribution in [0, 0.1) is 22.7 Å². The molecule has 27 heavy (non-hydrogen) atoms. The van der Waals surface area contributed by atoms with Crippen LogP contribution in [0.4, 0.5) is 13.2 Å². The van der Waals surface area contributed by atoms with Crippen LogP contribution in [0.3, 0.4) is 0 Å². The number of aromatic nitrogens is 1. The molecule has 2 aliphatic rings. The number of halogens is 3. The Bertz CT molecular complexity index is 764. The molecule has 8 heteroatoms. The number of alkyl halides is 3. The number of Topliss-reactive ketones (excluding diaryl/α,β-unsaturated/α-hetero) is 1. The maximum Gasteiger partial charge on any atom is 0.425 e. The zero-order chi connectivity index (χ0) is 19.8. The van der Waals surface area contributed by atoms with E-state index in [1.54, 1.807) is 0 Å². The van der Waals surface area contributed by atoms with E-state index in [1.807, 2.05) is 6.92 Å². The number of rotatable bonds is 7. The van der Waals surface area contributed by atoms with Crippen molar-refractivity contribution in [1.82, 2.24) is 4.98 Å². The van der Waals surface area contributed by atoms with Gasteiger partial charge in [0.2, 0.25) is 0 Å². The molecule has 2 fully saturated rings. The lowest BCUT2D eigenvalue weighted by atomic mass is 9.73. The lowest BCUT2D eigenvalue weighted by molar-refractivity contribution is -0.189. The highest BCUT2D eigenvalue weighted by Crippen LogP contribution is 2.45. The Kier molecular flexibility index (Phi) is 5.17. The minimum atomic E-state index is -4.50. The number of ketones is 1. The standard InChI is InChI=1S/C19H21F3N2O3/c1-11(19(20,21)22)27-17-6-15(24-8-14(17)12-3-4-12)16(25)5-13(7-23)18(2)9-26-10-18/h6,8,11-13H,3-5,9-10H2,1-2H3/t11-,13?/m0/s1. The third-order valence-electron chi connectivity index (χ3n) is 5.21. The van der Waals surface area contributed by atoms with E-state index in [9.17, 15) is 23.2 Å². The van der Waals surface area contributed by atoms with Crippen LogP contribution >= 0.6 is 0 Å². The van der Waals surface area contributed by atoms with E-state index in [0.29, 0.717) is 18.8 Å². The van der Waals surface area contributed by atoms with Crippen molar-refractivity contribution in [3.63, 3.8) is 0 Å². The van der Waals surface area contributed by atoms with Gasteiger partial charge in [0.1, 0.15) is 11.4 Å².